The molecule has 21 heavy (non-hydrogen) atoms. The van der Waals surface area contributed by atoms with Crippen LogP contribution in [0.5, 0.6) is 0 Å². The first-order chi connectivity index (χ1) is 10.2. The van der Waals surface area contributed by atoms with E-state index in [9.17, 15) is 4.79 Å². The van der Waals surface area contributed by atoms with E-state index in [1.807, 2.05) is 12.1 Å². The second kappa shape index (κ2) is 10.0. The number of nitrogens with zero attached hydrogens (tertiary/aromatic N) is 1. The molecule has 0 spiro atoms. The minimum absolute atomic E-state index is 0.301. The smallest absolute Gasteiger partial charge is 0.330 e. The monoisotopic (exact) mass is 289 g/mol. The van der Waals surface area contributed by atoms with Crippen molar-refractivity contribution < 1.29 is 9.53 Å². The predicted molar refractivity (Wildman–Crippen MR) is 88.5 cm³/mol. The zero-order chi connectivity index (χ0) is 15.5. The molecule has 3 heteroatoms. The second-order valence-electron chi connectivity index (χ2n) is 5.17. The number of unbranched alkanes of at least 4 members (excludes halogenated alkanes) is 2. The molecule has 0 aliphatic carbocycles. The highest BCUT2D eigenvalue weighted by Crippen LogP contribution is 2.17. The van der Waals surface area contributed by atoms with Gasteiger partial charge in [0, 0.05) is 24.9 Å². The molecule has 116 valence electrons. The molecule has 1 aromatic carbocycles. The lowest BCUT2D eigenvalue weighted by atomic mass is 10.2. The first kappa shape index (κ1) is 17.3. The van der Waals surface area contributed by atoms with Gasteiger partial charge in [-0.25, -0.2) is 4.79 Å². The van der Waals surface area contributed by atoms with Crippen molar-refractivity contribution in [2.24, 2.45) is 0 Å². The molecule has 0 atom stereocenters. The van der Waals surface area contributed by atoms with Gasteiger partial charge in [0.05, 0.1) is 0 Å². The predicted octanol–water partition coefficient (Wildman–Crippen LogP) is 4.32. The SMILES string of the molecule is C=CC(=O)OCc1ccc(N(CCCC)CCCC)cc1. The van der Waals surface area contributed by atoms with Crippen molar-refractivity contribution in [1.29, 1.82) is 0 Å². The van der Waals surface area contributed by atoms with E-state index in [0.29, 0.717) is 6.61 Å². The molecule has 0 fully saturated rings. The van der Waals surface area contributed by atoms with Gasteiger partial charge in [-0.15, -0.1) is 0 Å². The fraction of sp³-hybridized carbons (Fsp3) is 0.500. The summed E-state index contributed by atoms with van der Waals surface area (Å²) in [5, 5.41) is 0. The van der Waals surface area contributed by atoms with Gasteiger partial charge in [-0.2, -0.15) is 0 Å². The van der Waals surface area contributed by atoms with Crippen LogP contribution in [0.25, 0.3) is 0 Å². The topological polar surface area (TPSA) is 29.5 Å². The first-order valence-electron chi connectivity index (χ1n) is 7.84. The second-order valence-corrected chi connectivity index (χ2v) is 5.17. The van der Waals surface area contributed by atoms with Gasteiger partial charge >= 0.3 is 5.97 Å². The summed E-state index contributed by atoms with van der Waals surface area (Å²) in [5.41, 5.74) is 2.25. The van der Waals surface area contributed by atoms with Crippen molar-refractivity contribution >= 4 is 11.7 Å². The van der Waals surface area contributed by atoms with Crippen LogP contribution in [0.15, 0.2) is 36.9 Å². The standard InChI is InChI=1S/C18H27NO2/c1-4-7-13-19(14-8-5-2)17-11-9-16(10-12-17)15-21-18(20)6-3/h6,9-12H,3-5,7-8,13-15H2,1-2H3. The Hall–Kier alpha value is -1.77. The van der Waals surface area contributed by atoms with Gasteiger partial charge in [-0.05, 0) is 30.5 Å². The Kier molecular flexibility index (Phi) is 8.25. The molecule has 0 saturated carbocycles. The molecule has 1 aromatic rings. The molecule has 3 nitrogen and oxygen atoms in total. The maximum Gasteiger partial charge on any atom is 0.330 e. The van der Waals surface area contributed by atoms with Gasteiger partial charge in [-0.1, -0.05) is 45.4 Å². The summed E-state index contributed by atoms with van der Waals surface area (Å²) in [6, 6.07) is 8.28. The number of esters is 1. The number of hydrogen-bond acceptors (Lipinski definition) is 3. The molecule has 1 rings (SSSR count). The van der Waals surface area contributed by atoms with Crippen molar-refractivity contribution in [3.05, 3.63) is 42.5 Å². The Balaban J connectivity index is 2.62. The Bertz CT molecular complexity index is 417. The van der Waals surface area contributed by atoms with Crippen LogP contribution in [-0.4, -0.2) is 19.1 Å². The van der Waals surface area contributed by atoms with E-state index < -0.39 is 0 Å². The lowest BCUT2D eigenvalue weighted by molar-refractivity contribution is -0.138. The number of rotatable bonds is 10. The molecular weight excluding hydrogens is 262 g/mol. The number of hydrogen-bond donors (Lipinski definition) is 0. The minimum Gasteiger partial charge on any atom is -0.458 e. The molecule has 0 N–H and O–H groups in total. The van der Waals surface area contributed by atoms with E-state index in [1.54, 1.807) is 0 Å². The number of benzene rings is 1. The first-order valence-corrected chi connectivity index (χ1v) is 7.84. The van der Waals surface area contributed by atoms with Crippen molar-refractivity contribution in [1.82, 2.24) is 0 Å². The van der Waals surface area contributed by atoms with Crippen LogP contribution in [0, 0.1) is 0 Å². The third-order valence-electron chi connectivity index (χ3n) is 3.41. The number of ether oxygens (including phenoxy) is 1. The van der Waals surface area contributed by atoms with E-state index in [1.165, 1.54) is 37.4 Å². The lowest BCUT2D eigenvalue weighted by Crippen LogP contribution is -2.25. The Morgan fingerprint density at radius 2 is 1.71 bits per heavy atom. The highest BCUT2D eigenvalue weighted by Gasteiger charge is 2.06. The van der Waals surface area contributed by atoms with Gasteiger partial charge in [0.2, 0.25) is 0 Å². The van der Waals surface area contributed by atoms with E-state index >= 15 is 0 Å². The van der Waals surface area contributed by atoms with Crippen LogP contribution >= 0.6 is 0 Å². The van der Waals surface area contributed by atoms with Crippen molar-refractivity contribution in [3.8, 4) is 0 Å². The zero-order valence-electron chi connectivity index (χ0n) is 13.3. The van der Waals surface area contributed by atoms with Gasteiger partial charge in [0.15, 0.2) is 0 Å². The third kappa shape index (κ3) is 6.48. The minimum atomic E-state index is -0.383. The molecule has 0 saturated heterocycles. The Morgan fingerprint density at radius 3 is 2.19 bits per heavy atom. The summed E-state index contributed by atoms with van der Waals surface area (Å²) in [5.74, 6) is -0.383. The summed E-state index contributed by atoms with van der Waals surface area (Å²) in [6.45, 7) is 10.3. The van der Waals surface area contributed by atoms with Crippen LogP contribution in [0.4, 0.5) is 5.69 Å². The van der Waals surface area contributed by atoms with Crippen LogP contribution in [0.1, 0.15) is 45.1 Å². The molecule has 0 aliphatic heterocycles. The average Bonchev–Trinajstić information content (AvgIpc) is 2.53. The summed E-state index contributed by atoms with van der Waals surface area (Å²) in [6.07, 6.45) is 6.02. The van der Waals surface area contributed by atoms with E-state index in [0.717, 1.165) is 18.7 Å². The van der Waals surface area contributed by atoms with Crippen LogP contribution < -0.4 is 4.90 Å². The fourth-order valence-electron chi connectivity index (χ4n) is 2.08. The van der Waals surface area contributed by atoms with E-state index in [4.69, 9.17) is 4.74 Å². The molecule has 0 unspecified atom stereocenters. The summed E-state index contributed by atoms with van der Waals surface area (Å²) < 4.78 is 5.04. The molecule has 0 radical (unpaired) electrons. The summed E-state index contributed by atoms with van der Waals surface area (Å²) in [4.78, 5) is 13.5. The Labute approximate surface area is 128 Å². The molecular formula is C18H27NO2. The zero-order valence-corrected chi connectivity index (χ0v) is 13.3. The molecule has 0 amide bonds. The maximum atomic E-state index is 11.0. The molecule has 0 bridgehead atoms. The largest absolute Gasteiger partial charge is 0.458 e. The van der Waals surface area contributed by atoms with Crippen LogP contribution in [0.2, 0.25) is 0 Å². The van der Waals surface area contributed by atoms with Gasteiger partial charge in [0.1, 0.15) is 6.61 Å². The fourth-order valence-corrected chi connectivity index (χ4v) is 2.08. The van der Waals surface area contributed by atoms with Crippen molar-refractivity contribution in [2.45, 2.75) is 46.1 Å². The van der Waals surface area contributed by atoms with Crippen molar-refractivity contribution in [2.75, 3.05) is 18.0 Å². The highest BCUT2D eigenvalue weighted by molar-refractivity contribution is 5.81. The van der Waals surface area contributed by atoms with E-state index in [2.05, 4.69) is 37.5 Å². The number of carbonyl (C=O) groups is 1. The average molecular weight is 289 g/mol. The Morgan fingerprint density at radius 1 is 1.14 bits per heavy atom. The normalized spacial score (nSPS) is 10.2. The van der Waals surface area contributed by atoms with Gasteiger partial charge in [0.25, 0.3) is 0 Å². The molecule has 0 aromatic heterocycles. The number of anilines is 1. The van der Waals surface area contributed by atoms with Crippen LogP contribution in [-0.2, 0) is 16.1 Å². The quantitative estimate of drug-likeness (QED) is 0.474. The lowest BCUT2D eigenvalue weighted by Gasteiger charge is -2.25. The van der Waals surface area contributed by atoms with Gasteiger partial charge < -0.3 is 9.64 Å². The highest BCUT2D eigenvalue weighted by atomic mass is 16.5. The molecule has 0 aliphatic rings. The number of carbonyl (C=O) groups excluding carboxylic acids is 1. The summed E-state index contributed by atoms with van der Waals surface area (Å²) >= 11 is 0. The maximum absolute atomic E-state index is 11.0. The third-order valence-corrected chi connectivity index (χ3v) is 3.41. The van der Waals surface area contributed by atoms with E-state index in [-0.39, 0.29) is 5.97 Å². The van der Waals surface area contributed by atoms with Gasteiger partial charge in [-0.3, -0.25) is 0 Å². The summed E-state index contributed by atoms with van der Waals surface area (Å²) in [7, 11) is 0. The molecule has 0 heterocycles. The van der Waals surface area contributed by atoms with Crippen LogP contribution in [0.3, 0.4) is 0 Å². The van der Waals surface area contributed by atoms with Crippen molar-refractivity contribution in [3.63, 3.8) is 0 Å².